The Hall–Kier alpha value is -2.86. The number of amides is 1. The van der Waals surface area contributed by atoms with E-state index in [0.29, 0.717) is 17.1 Å². The molecule has 3 rings (SSSR count). The third-order valence-electron chi connectivity index (χ3n) is 5.14. The molecule has 30 heavy (non-hydrogen) atoms. The van der Waals surface area contributed by atoms with Crippen LogP contribution in [0.3, 0.4) is 0 Å². The van der Waals surface area contributed by atoms with Gasteiger partial charge in [0.05, 0.1) is 42.5 Å². The summed E-state index contributed by atoms with van der Waals surface area (Å²) in [6.07, 6.45) is 3.41. The summed E-state index contributed by atoms with van der Waals surface area (Å²) in [4.78, 5) is 19.5. The number of methoxy groups -OCH3 is 1. The van der Waals surface area contributed by atoms with Crippen molar-refractivity contribution < 1.29 is 9.53 Å². The number of benzene rings is 1. The molecule has 0 saturated carbocycles. The monoisotopic (exact) mass is 426 g/mol. The van der Waals surface area contributed by atoms with Gasteiger partial charge in [0.1, 0.15) is 5.75 Å². The summed E-state index contributed by atoms with van der Waals surface area (Å²) in [7, 11) is 3.42. The van der Waals surface area contributed by atoms with Crippen LogP contribution in [0.1, 0.15) is 52.6 Å². The van der Waals surface area contributed by atoms with Gasteiger partial charge in [-0.2, -0.15) is 5.10 Å². The Balaban J connectivity index is 1.92. The highest BCUT2D eigenvalue weighted by Gasteiger charge is 2.24. The van der Waals surface area contributed by atoms with Crippen LogP contribution >= 0.6 is 11.6 Å². The van der Waals surface area contributed by atoms with Crippen molar-refractivity contribution in [2.24, 2.45) is 0 Å². The van der Waals surface area contributed by atoms with Gasteiger partial charge in [0.2, 0.25) is 0 Å². The van der Waals surface area contributed by atoms with Gasteiger partial charge >= 0.3 is 0 Å². The average Bonchev–Trinajstić information content (AvgIpc) is 3.16. The lowest BCUT2D eigenvalue weighted by Gasteiger charge is -2.20. The Morgan fingerprint density at radius 1 is 1.20 bits per heavy atom. The maximum Gasteiger partial charge on any atom is 0.257 e. The van der Waals surface area contributed by atoms with E-state index >= 15 is 0 Å². The number of aromatic nitrogens is 3. The second-order valence-electron chi connectivity index (χ2n) is 7.69. The van der Waals surface area contributed by atoms with Crippen LogP contribution in [-0.2, 0) is 6.54 Å². The lowest BCUT2D eigenvalue weighted by atomic mass is 10.0. The maximum atomic E-state index is 13.3. The van der Waals surface area contributed by atoms with E-state index in [0.717, 1.165) is 34.0 Å². The number of halogens is 1. The first-order valence-electron chi connectivity index (χ1n) is 9.83. The van der Waals surface area contributed by atoms with E-state index in [4.69, 9.17) is 16.3 Å². The second kappa shape index (κ2) is 8.88. The van der Waals surface area contributed by atoms with E-state index in [1.54, 1.807) is 36.1 Å². The highest BCUT2D eigenvalue weighted by molar-refractivity contribution is 6.30. The van der Waals surface area contributed by atoms with Gasteiger partial charge in [0, 0.05) is 29.4 Å². The van der Waals surface area contributed by atoms with Crippen LogP contribution in [0.5, 0.6) is 5.75 Å². The zero-order chi connectivity index (χ0) is 22.0. The molecule has 0 spiro atoms. The summed E-state index contributed by atoms with van der Waals surface area (Å²) in [6, 6.07) is 7.42. The van der Waals surface area contributed by atoms with Gasteiger partial charge in [0.15, 0.2) is 0 Å². The fourth-order valence-electron chi connectivity index (χ4n) is 3.60. The van der Waals surface area contributed by atoms with Crippen LogP contribution in [-0.4, -0.2) is 39.7 Å². The number of carbonyl (C=O) groups excluding carboxylic acids is 1. The van der Waals surface area contributed by atoms with Crippen molar-refractivity contribution in [2.75, 3.05) is 14.2 Å². The highest BCUT2D eigenvalue weighted by atomic mass is 35.5. The molecule has 0 saturated heterocycles. The second-order valence-corrected chi connectivity index (χ2v) is 8.13. The number of pyridine rings is 1. The van der Waals surface area contributed by atoms with Gasteiger partial charge in [-0.05, 0) is 44.0 Å². The quantitative estimate of drug-likeness (QED) is 0.560. The van der Waals surface area contributed by atoms with Crippen LogP contribution in [0.4, 0.5) is 0 Å². The number of rotatable bonds is 6. The Labute approximate surface area is 182 Å². The molecule has 6 nitrogen and oxygen atoms in total. The van der Waals surface area contributed by atoms with E-state index < -0.39 is 0 Å². The minimum atomic E-state index is -0.0975. The van der Waals surface area contributed by atoms with E-state index in [-0.39, 0.29) is 11.8 Å². The van der Waals surface area contributed by atoms with Crippen molar-refractivity contribution in [1.29, 1.82) is 0 Å². The van der Waals surface area contributed by atoms with Gasteiger partial charge in [-0.25, -0.2) is 4.68 Å². The molecule has 0 fully saturated rings. The molecule has 2 heterocycles. The predicted octanol–water partition coefficient (Wildman–Crippen LogP) is 4.94. The smallest absolute Gasteiger partial charge is 0.257 e. The zero-order valence-electron chi connectivity index (χ0n) is 18.2. The molecule has 0 N–H and O–H groups in total. The first kappa shape index (κ1) is 21.8. The first-order chi connectivity index (χ1) is 14.2. The molecule has 0 aliphatic rings. The molecule has 1 amide bonds. The largest absolute Gasteiger partial charge is 0.496 e. The molecule has 0 unspecified atom stereocenters. The summed E-state index contributed by atoms with van der Waals surface area (Å²) in [5.74, 6) is 0.814. The summed E-state index contributed by atoms with van der Waals surface area (Å²) < 4.78 is 7.29. The Bertz CT molecular complexity index is 1060. The lowest BCUT2D eigenvalue weighted by Crippen LogP contribution is -2.28. The molecule has 158 valence electrons. The third-order valence-corrected chi connectivity index (χ3v) is 5.39. The number of aryl methyl sites for hydroxylation is 1. The molecule has 3 aromatic rings. The van der Waals surface area contributed by atoms with Crippen molar-refractivity contribution in [3.8, 4) is 11.4 Å². The predicted molar refractivity (Wildman–Crippen MR) is 119 cm³/mol. The van der Waals surface area contributed by atoms with Gasteiger partial charge in [-0.1, -0.05) is 25.4 Å². The Kier molecular flexibility index (Phi) is 6.46. The van der Waals surface area contributed by atoms with E-state index in [1.165, 1.54) is 0 Å². The van der Waals surface area contributed by atoms with Gasteiger partial charge in [-0.15, -0.1) is 0 Å². The zero-order valence-corrected chi connectivity index (χ0v) is 19.0. The normalized spacial score (nSPS) is 11.1. The van der Waals surface area contributed by atoms with Crippen molar-refractivity contribution in [3.05, 3.63) is 69.8 Å². The molecule has 0 bridgehead atoms. The van der Waals surface area contributed by atoms with Crippen LogP contribution in [0.25, 0.3) is 5.69 Å². The number of ether oxygens (including phenoxy) is 1. The summed E-state index contributed by atoms with van der Waals surface area (Å²) >= 11 is 6.01. The number of carbonyl (C=O) groups is 1. The number of hydrogen-bond donors (Lipinski definition) is 0. The molecular formula is C23H27ClN4O2. The lowest BCUT2D eigenvalue weighted by molar-refractivity contribution is 0.0781. The maximum absolute atomic E-state index is 13.3. The van der Waals surface area contributed by atoms with Gasteiger partial charge in [-0.3, -0.25) is 9.78 Å². The highest BCUT2D eigenvalue weighted by Crippen LogP contribution is 2.27. The fraction of sp³-hybridized carbons (Fsp3) is 0.348. The summed E-state index contributed by atoms with van der Waals surface area (Å²) in [6.45, 7) is 8.40. The topological polar surface area (TPSA) is 60.2 Å². The van der Waals surface area contributed by atoms with E-state index in [2.05, 4.69) is 23.9 Å². The van der Waals surface area contributed by atoms with Crippen molar-refractivity contribution >= 4 is 17.5 Å². The molecule has 0 radical (unpaired) electrons. The van der Waals surface area contributed by atoms with Crippen molar-refractivity contribution in [3.63, 3.8) is 0 Å². The summed E-state index contributed by atoms with van der Waals surface area (Å²) in [5, 5.41) is 5.15. The van der Waals surface area contributed by atoms with Crippen LogP contribution in [0.2, 0.25) is 5.02 Å². The van der Waals surface area contributed by atoms with Crippen LogP contribution in [0, 0.1) is 13.8 Å². The standard InChI is InChI=1S/C23H27ClN4O2/c1-14(2)21-19(12-26-28(21)18-9-7-17(24)8-10-18)23(29)27(5)13-20-16(4)22(30-6)15(3)11-25-20/h7-12,14H,13H2,1-6H3. The van der Waals surface area contributed by atoms with Crippen LogP contribution < -0.4 is 4.74 Å². The van der Waals surface area contributed by atoms with Crippen molar-refractivity contribution in [2.45, 2.75) is 40.2 Å². The van der Waals surface area contributed by atoms with Gasteiger partial charge in [0.25, 0.3) is 5.91 Å². The Morgan fingerprint density at radius 2 is 1.87 bits per heavy atom. The number of nitrogens with zero attached hydrogens (tertiary/aromatic N) is 4. The molecule has 0 aliphatic carbocycles. The molecule has 7 heteroatoms. The Morgan fingerprint density at radius 3 is 2.47 bits per heavy atom. The molecule has 0 aliphatic heterocycles. The van der Waals surface area contributed by atoms with Gasteiger partial charge < -0.3 is 9.64 Å². The number of hydrogen-bond acceptors (Lipinski definition) is 4. The van der Waals surface area contributed by atoms with E-state index in [1.807, 2.05) is 38.1 Å². The molecule has 0 atom stereocenters. The fourth-order valence-corrected chi connectivity index (χ4v) is 3.72. The van der Waals surface area contributed by atoms with Crippen LogP contribution in [0.15, 0.2) is 36.7 Å². The molecule has 2 aromatic heterocycles. The third kappa shape index (κ3) is 4.19. The average molecular weight is 427 g/mol. The summed E-state index contributed by atoms with van der Waals surface area (Å²) in [5.41, 5.74) is 5.03. The SMILES string of the molecule is COc1c(C)cnc(CN(C)C(=O)c2cnn(-c3ccc(Cl)cc3)c2C(C)C)c1C. The van der Waals surface area contributed by atoms with Crippen molar-refractivity contribution in [1.82, 2.24) is 19.7 Å². The minimum absolute atomic E-state index is 0.0975. The molecular weight excluding hydrogens is 400 g/mol. The molecule has 1 aromatic carbocycles. The minimum Gasteiger partial charge on any atom is -0.496 e. The van der Waals surface area contributed by atoms with E-state index in [9.17, 15) is 4.79 Å². The first-order valence-corrected chi connectivity index (χ1v) is 10.2.